The third-order valence-corrected chi connectivity index (χ3v) is 3.98. The SMILES string of the molecule is CNc1ccc(CN(C)CCN2CCCC2)cc1[N+](=O)[O-]. The molecular weight excluding hydrogens is 268 g/mol. The summed E-state index contributed by atoms with van der Waals surface area (Å²) in [6.45, 7) is 5.21. The normalized spacial score (nSPS) is 15.6. The average molecular weight is 292 g/mol. The third kappa shape index (κ3) is 4.41. The largest absolute Gasteiger partial charge is 0.383 e. The van der Waals surface area contributed by atoms with Crippen LogP contribution >= 0.6 is 0 Å². The van der Waals surface area contributed by atoms with Gasteiger partial charge in [0, 0.05) is 32.7 Å². The van der Waals surface area contributed by atoms with E-state index in [4.69, 9.17) is 0 Å². The number of nitrogens with one attached hydrogen (secondary N) is 1. The Morgan fingerprint density at radius 3 is 2.71 bits per heavy atom. The van der Waals surface area contributed by atoms with Crippen molar-refractivity contribution in [3.63, 3.8) is 0 Å². The number of hydrogen-bond acceptors (Lipinski definition) is 5. The quantitative estimate of drug-likeness (QED) is 0.616. The lowest BCUT2D eigenvalue weighted by Crippen LogP contribution is -2.31. The second-order valence-electron chi connectivity index (χ2n) is 5.65. The first-order valence-electron chi connectivity index (χ1n) is 7.46. The van der Waals surface area contributed by atoms with Gasteiger partial charge in [-0.3, -0.25) is 10.1 Å². The number of rotatable bonds is 7. The van der Waals surface area contributed by atoms with Crippen molar-refractivity contribution in [2.24, 2.45) is 0 Å². The lowest BCUT2D eigenvalue weighted by atomic mass is 10.1. The molecule has 1 aliphatic heterocycles. The van der Waals surface area contributed by atoms with Crippen LogP contribution < -0.4 is 5.32 Å². The van der Waals surface area contributed by atoms with Gasteiger partial charge in [0.1, 0.15) is 5.69 Å². The van der Waals surface area contributed by atoms with Gasteiger partial charge in [0.05, 0.1) is 4.92 Å². The van der Waals surface area contributed by atoms with Crippen LogP contribution in [-0.4, -0.2) is 55.0 Å². The third-order valence-electron chi connectivity index (χ3n) is 3.98. The fourth-order valence-corrected chi connectivity index (χ4v) is 2.75. The maximum absolute atomic E-state index is 11.1. The van der Waals surface area contributed by atoms with Crippen molar-refractivity contribution in [2.75, 3.05) is 45.6 Å². The molecule has 0 aromatic heterocycles. The molecule has 1 N–H and O–H groups in total. The molecular formula is C15H24N4O2. The van der Waals surface area contributed by atoms with Crippen LogP contribution in [0.3, 0.4) is 0 Å². The Kier molecular flexibility index (Phi) is 5.52. The fourth-order valence-electron chi connectivity index (χ4n) is 2.75. The van der Waals surface area contributed by atoms with Gasteiger partial charge in [-0.2, -0.15) is 0 Å². The molecule has 0 unspecified atom stereocenters. The van der Waals surface area contributed by atoms with E-state index in [1.54, 1.807) is 19.2 Å². The first kappa shape index (κ1) is 15.7. The lowest BCUT2D eigenvalue weighted by molar-refractivity contribution is -0.384. The number of nitrogens with zero attached hydrogens (tertiary/aromatic N) is 3. The summed E-state index contributed by atoms with van der Waals surface area (Å²) in [5.41, 5.74) is 1.68. The minimum atomic E-state index is -0.334. The monoisotopic (exact) mass is 292 g/mol. The molecule has 6 nitrogen and oxygen atoms in total. The minimum Gasteiger partial charge on any atom is -0.383 e. The summed E-state index contributed by atoms with van der Waals surface area (Å²) in [5, 5.41) is 13.9. The predicted molar refractivity (Wildman–Crippen MR) is 84.7 cm³/mol. The number of likely N-dealkylation sites (N-methyl/N-ethyl adjacent to an activating group) is 1. The Morgan fingerprint density at radius 1 is 1.38 bits per heavy atom. The predicted octanol–water partition coefficient (Wildman–Crippen LogP) is 2.16. The maximum Gasteiger partial charge on any atom is 0.292 e. The van der Waals surface area contributed by atoms with E-state index in [0.29, 0.717) is 5.69 Å². The molecule has 0 bridgehead atoms. The molecule has 116 valence electrons. The summed E-state index contributed by atoms with van der Waals surface area (Å²) in [4.78, 5) is 15.4. The van der Waals surface area contributed by atoms with Crippen LogP contribution in [0, 0.1) is 10.1 Å². The number of hydrogen-bond donors (Lipinski definition) is 1. The first-order valence-corrected chi connectivity index (χ1v) is 7.46. The van der Waals surface area contributed by atoms with E-state index in [2.05, 4.69) is 22.2 Å². The van der Waals surface area contributed by atoms with E-state index in [1.807, 2.05) is 6.07 Å². The molecule has 1 aromatic carbocycles. The summed E-state index contributed by atoms with van der Waals surface area (Å²) in [6.07, 6.45) is 2.61. The summed E-state index contributed by atoms with van der Waals surface area (Å²) in [5.74, 6) is 0. The van der Waals surface area contributed by atoms with Crippen LogP contribution in [0.1, 0.15) is 18.4 Å². The van der Waals surface area contributed by atoms with Gasteiger partial charge >= 0.3 is 0 Å². The molecule has 0 spiro atoms. The molecule has 0 saturated carbocycles. The molecule has 0 aliphatic carbocycles. The average Bonchev–Trinajstić information content (AvgIpc) is 2.98. The maximum atomic E-state index is 11.1. The number of nitro benzene ring substituents is 1. The topological polar surface area (TPSA) is 61.6 Å². The van der Waals surface area contributed by atoms with Crippen LogP contribution in [0.2, 0.25) is 0 Å². The van der Waals surface area contributed by atoms with E-state index in [0.717, 1.165) is 25.2 Å². The Bertz CT molecular complexity index is 487. The van der Waals surface area contributed by atoms with Gasteiger partial charge in [-0.25, -0.2) is 0 Å². The lowest BCUT2D eigenvalue weighted by Gasteiger charge is -2.21. The summed E-state index contributed by atoms with van der Waals surface area (Å²) in [7, 11) is 3.76. The van der Waals surface area contributed by atoms with Crippen molar-refractivity contribution in [3.05, 3.63) is 33.9 Å². The summed E-state index contributed by atoms with van der Waals surface area (Å²) < 4.78 is 0. The van der Waals surface area contributed by atoms with Crippen LogP contribution in [0.25, 0.3) is 0 Å². The molecule has 2 rings (SSSR count). The number of anilines is 1. The van der Waals surface area contributed by atoms with Gasteiger partial charge in [-0.05, 0) is 44.6 Å². The van der Waals surface area contributed by atoms with Gasteiger partial charge in [0.2, 0.25) is 0 Å². The number of likely N-dealkylation sites (tertiary alicyclic amines) is 1. The van der Waals surface area contributed by atoms with E-state index < -0.39 is 0 Å². The van der Waals surface area contributed by atoms with Crippen LogP contribution in [0.5, 0.6) is 0 Å². The van der Waals surface area contributed by atoms with Crippen molar-refractivity contribution in [1.82, 2.24) is 9.80 Å². The molecule has 21 heavy (non-hydrogen) atoms. The molecule has 1 fully saturated rings. The molecule has 1 aliphatic rings. The van der Waals surface area contributed by atoms with E-state index in [-0.39, 0.29) is 10.6 Å². The van der Waals surface area contributed by atoms with Gasteiger partial charge in [-0.15, -0.1) is 0 Å². The highest BCUT2D eigenvalue weighted by Crippen LogP contribution is 2.25. The van der Waals surface area contributed by atoms with Gasteiger partial charge < -0.3 is 15.1 Å². The van der Waals surface area contributed by atoms with Gasteiger partial charge in [0.15, 0.2) is 0 Å². The van der Waals surface area contributed by atoms with Crippen molar-refractivity contribution in [3.8, 4) is 0 Å². The van der Waals surface area contributed by atoms with Crippen molar-refractivity contribution in [1.29, 1.82) is 0 Å². The van der Waals surface area contributed by atoms with Crippen molar-refractivity contribution >= 4 is 11.4 Å². The Balaban J connectivity index is 1.92. The standard InChI is InChI=1S/C15H24N4O2/c1-16-14-6-5-13(11-15(14)19(20)21)12-17(2)9-10-18-7-3-4-8-18/h5-6,11,16H,3-4,7-10,12H2,1-2H3. The Labute approximate surface area is 125 Å². The molecule has 1 heterocycles. The Hall–Kier alpha value is -1.66. The molecule has 1 aromatic rings. The van der Waals surface area contributed by atoms with E-state index in [9.17, 15) is 10.1 Å². The van der Waals surface area contributed by atoms with Crippen LogP contribution in [0.4, 0.5) is 11.4 Å². The fraction of sp³-hybridized carbons (Fsp3) is 0.600. The summed E-state index contributed by atoms with van der Waals surface area (Å²) >= 11 is 0. The molecule has 0 amide bonds. The number of nitro groups is 1. The van der Waals surface area contributed by atoms with Gasteiger partial charge in [0.25, 0.3) is 5.69 Å². The zero-order valence-electron chi connectivity index (χ0n) is 12.8. The number of benzene rings is 1. The van der Waals surface area contributed by atoms with Crippen LogP contribution in [0.15, 0.2) is 18.2 Å². The smallest absolute Gasteiger partial charge is 0.292 e. The first-order chi connectivity index (χ1) is 10.1. The molecule has 0 radical (unpaired) electrons. The minimum absolute atomic E-state index is 0.142. The highest BCUT2D eigenvalue weighted by atomic mass is 16.6. The summed E-state index contributed by atoms with van der Waals surface area (Å²) in [6, 6.07) is 5.39. The van der Waals surface area contributed by atoms with Crippen molar-refractivity contribution < 1.29 is 4.92 Å². The molecule has 6 heteroatoms. The second kappa shape index (κ2) is 7.38. The van der Waals surface area contributed by atoms with E-state index in [1.165, 1.54) is 25.9 Å². The second-order valence-corrected chi connectivity index (χ2v) is 5.65. The zero-order valence-corrected chi connectivity index (χ0v) is 12.8. The highest BCUT2D eigenvalue weighted by Gasteiger charge is 2.15. The molecule has 0 atom stereocenters. The zero-order chi connectivity index (χ0) is 15.2. The molecule has 1 saturated heterocycles. The Morgan fingerprint density at radius 2 is 2.10 bits per heavy atom. The van der Waals surface area contributed by atoms with Crippen LogP contribution in [-0.2, 0) is 6.54 Å². The van der Waals surface area contributed by atoms with Gasteiger partial charge in [-0.1, -0.05) is 6.07 Å². The van der Waals surface area contributed by atoms with E-state index >= 15 is 0 Å². The van der Waals surface area contributed by atoms with Crippen molar-refractivity contribution in [2.45, 2.75) is 19.4 Å². The highest BCUT2D eigenvalue weighted by molar-refractivity contribution is 5.62.